The van der Waals surface area contributed by atoms with E-state index < -0.39 is 29.5 Å². The summed E-state index contributed by atoms with van der Waals surface area (Å²) in [5.41, 5.74) is 4.91. The quantitative estimate of drug-likeness (QED) is 0.675. The van der Waals surface area contributed by atoms with Crippen LogP contribution in [0.3, 0.4) is 0 Å². The molecular weight excluding hydrogens is 399 g/mol. The van der Waals surface area contributed by atoms with Crippen LogP contribution >= 0.6 is 11.6 Å². The molecule has 0 fully saturated rings. The lowest BCUT2D eigenvalue weighted by Gasteiger charge is -2.17. The van der Waals surface area contributed by atoms with Gasteiger partial charge in [-0.15, -0.1) is 10.6 Å². The molecule has 0 aromatic heterocycles. The fourth-order valence-electron chi connectivity index (χ4n) is 1.91. The van der Waals surface area contributed by atoms with Crippen molar-refractivity contribution in [3.05, 3.63) is 22.7 Å². The van der Waals surface area contributed by atoms with Crippen molar-refractivity contribution >= 4 is 34.3 Å². The molecule has 144 valence electrons. The summed E-state index contributed by atoms with van der Waals surface area (Å²) in [6, 6.07) is 2.32. The van der Waals surface area contributed by atoms with Gasteiger partial charge in [0.1, 0.15) is 10.6 Å². The maximum atomic E-state index is 12.4. The van der Waals surface area contributed by atoms with Crippen LogP contribution in [0.2, 0.25) is 5.02 Å². The van der Waals surface area contributed by atoms with Gasteiger partial charge >= 0.3 is 6.18 Å². The number of hydrogen-bond acceptors (Lipinski definition) is 7. The monoisotopic (exact) mass is 413 g/mol. The summed E-state index contributed by atoms with van der Waals surface area (Å²) < 4.78 is 54.1. The number of ether oxygens (including phenoxy) is 1. The van der Waals surface area contributed by atoms with Crippen molar-refractivity contribution in [2.45, 2.75) is 18.0 Å². The molecule has 1 aromatic rings. The predicted octanol–water partition coefficient (Wildman–Crippen LogP) is 1.36. The minimum absolute atomic E-state index is 0.0779. The van der Waals surface area contributed by atoms with Crippen LogP contribution < -0.4 is 21.1 Å². The third-order valence-corrected chi connectivity index (χ3v) is 5.00. The van der Waals surface area contributed by atoms with Crippen molar-refractivity contribution in [3.63, 3.8) is 0 Å². The molecule has 13 heteroatoms. The van der Waals surface area contributed by atoms with E-state index in [0.29, 0.717) is 0 Å². The summed E-state index contributed by atoms with van der Waals surface area (Å²) in [7, 11) is -0.173. The van der Waals surface area contributed by atoms with E-state index in [1.54, 1.807) is 14.0 Å². The van der Waals surface area contributed by atoms with Crippen molar-refractivity contribution < 1.29 is 26.9 Å². The van der Waals surface area contributed by atoms with E-state index in [1.165, 1.54) is 11.1 Å². The summed E-state index contributed by atoms with van der Waals surface area (Å²) in [5.74, 6) is -0.747. The summed E-state index contributed by atoms with van der Waals surface area (Å²) in [6.07, 6.45) is -4.57. The molecule has 0 saturated carbocycles. The smallest absolute Gasteiger partial charge is 0.422 e. The third kappa shape index (κ3) is 4.77. The number of amides is 1. The fraction of sp³-hybridized carbons (Fsp3) is 0.385. The van der Waals surface area contributed by atoms with E-state index in [9.17, 15) is 22.2 Å². The first-order chi connectivity index (χ1) is 12.1. The number of carbonyl (C=O) groups is 1. The summed E-state index contributed by atoms with van der Waals surface area (Å²) >= 11 is 6.15. The van der Waals surface area contributed by atoms with Gasteiger partial charge in [0.2, 0.25) is 5.96 Å². The minimum atomic E-state index is -4.57. The lowest BCUT2D eigenvalue weighted by molar-refractivity contribution is -0.153. The summed E-state index contributed by atoms with van der Waals surface area (Å²) in [5, 5.41) is 7.34. The molecule has 3 N–H and O–H groups in total. The molecule has 1 amide bonds. The van der Waals surface area contributed by atoms with Crippen LogP contribution in [-0.4, -0.2) is 46.7 Å². The number of guanidine groups is 1. The maximum absolute atomic E-state index is 12.4. The Hall–Kier alpha value is -2.05. The molecule has 2 rings (SSSR count). The van der Waals surface area contributed by atoms with Crippen molar-refractivity contribution in [1.29, 1.82) is 0 Å². The number of benzene rings is 1. The Morgan fingerprint density at radius 1 is 1.46 bits per heavy atom. The normalized spacial score (nSPS) is 15.3. The van der Waals surface area contributed by atoms with Crippen molar-refractivity contribution in [3.8, 4) is 5.75 Å². The van der Waals surface area contributed by atoms with Crippen LogP contribution in [0, 0.1) is 0 Å². The number of rotatable bonds is 5. The molecule has 1 heterocycles. The van der Waals surface area contributed by atoms with Crippen LogP contribution in [0.1, 0.15) is 17.3 Å². The van der Waals surface area contributed by atoms with Gasteiger partial charge in [0.25, 0.3) is 5.91 Å². The molecule has 0 radical (unpaired) electrons. The summed E-state index contributed by atoms with van der Waals surface area (Å²) in [4.78, 5) is 12.2. The SMILES string of the molecule is CCS(=O)c1c(OCC(F)(F)F)ccc(C(=O)NC2=NNNN2C)c1Cl. The molecule has 0 saturated heterocycles. The number of hydrogen-bond donors (Lipinski definition) is 3. The number of halogens is 4. The molecule has 26 heavy (non-hydrogen) atoms. The van der Waals surface area contributed by atoms with E-state index in [0.717, 1.165) is 6.07 Å². The molecule has 1 unspecified atom stereocenters. The zero-order chi connectivity index (χ0) is 19.5. The molecule has 1 aromatic carbocycles. The highest BCUT2D eigenvalue weighted by Crippen LogP contribution is 2.34. The minimum Gasteiger partial charge on any atom is -0.483 e. The highest BCUT2D eigenvalue weighted by atomic mass is 35.5. The Labute approximate surface area is 154 Å². The highest BCUT2D eigenvalue weighted by molar-refractivity contribution is 7.85. The predicted molar refractivity (Wildman–Crippen MR) is 88.9 cm³/mol. The van der Waals surface area contributed by atoms with Crippen molar-refractivity contribution in [2.75, 3.05) is 19.4 Å². The number of carbonyl (C=O) groups excluding carboxylic acids is 1. The van der Waals surface area contributed by atoms with Crippen LogP contribution in [-0.2, 0) is 10.8 Å². The number of nitrogens with one attached hydrogen (secondary N) is 3. The van der Waals surface area contributed by atoms with E-state index >= 15 is 0 Å². The van der Waals surface area contributed by atoms with Gasteiger partial charge in [0.15, 0.2) is 6.61 Å². The fourth-order valence-corrected chi connectivity index (χ4v) is 3.35. The second-order valence-corrected chi connectivity index (χ2v) is 7.02. The third-order valence-electron chi connectivity index (χ3n) is 3.11. The largest absolute Gasteiger partial charge is 0.483 e. The van der Waals surface area contributed by atoms with Gasteiger partial charge in [-0.25, -0.2) is 5.53 Å². The zero-order valence-corrected chi connectivity index (χ0v) is 15.2. The van der Waals surface area contributed by atoms with Gasteiger partial charge in [0, 0.05) is 12.8 Å². The Morgan fingerprint density at radius 3 is 2.69 bits per heavy atom. The lowest BCUT2D eigenvalue weighted by atomic mass is 10.2. The lowest BCUT2D eigenvalue weighted by Crippen LogP contribution is -2.45. The standard InChI is InChI=1S/C13H15ClF3N5O3S/c1-3-26(24)10-8(25-6-13(15,16)17)5-4-7(9(10)14)11(23)18-12-19-20-21-22(12)2/h4-5,20-21H,3,6H2,1-2H3,(H,18,19,23). The van der Waals surface area contributed by atoms with E-state index in [4.69, 9.17) is 16.3 Å². The Morgan fingerprint density at radius 2 is 2.15 bits per heavy atom. The van der Waals surface area contributed by atoms with Gasteiger partial charge in [-0.1, -0.05) is 18.5 Å². The first-order valence-corrected chi connectivity index (χ1v) is 8.87. The van der Waals surface area contributed by atoms with E-state index in [2.05, 4.69) is 21.5 Å². The van der Waals surface area contributed by atoms with Gasteiger partial charge in [-0.3, -0.25) is 19.3 Å². The molecule has 8 nitrogen and oxygen atoms in total. The molecule has 1 aliphatic heterocycles. The molecule has 0 aliphatic carbocycles. The second-order valence-electron chi connectivity index (χ2n) is 4.96. The first-order valence-electron chi connectivity index (χ1n) is 7.18. The van der Waals surface area contributed by atoms with Crippen LogP contribution in [0.25, 0.3) is 0 Å². The maximum Gasteiger partial charge on any atom is 0.422 e. The number of nitrogens with zero attached hydrogens (tertiary/aromatic N) is 2. The van der Waals surface area contributed by atoms with Gasteiger partial charge in [-0.2, -0.15) is 13.2 Å². The van der Waals surface area contributed by atoms with Crippen LogP contribution in [0.4, 0.5) is 13.2 Å². The number of hydrazine groups is 2. The van der Waals surface area contributed by atoms with E-state index in [1.807, 2.05) is 0 Å². The first kappa shape index (κ1) is 20.3. The van der Waals surface area contributed by atoms with Crippen LogP contribution in [0.5, 0.6) is 5.75 Å². The Balaban J connectivity index is 2.33. The molecule has 1 aliphatic rings. The topological polar surface area (TPSA) is 95.1 Å². The molecule has 0 spiro atoms. The zero-order valence-electron chi connectivity index (χ0n) is 13.6. The average molecular weight is 414 g/mol. The van der Waals surface area contributed by atoms with Gasteiger partial charge < -0.3 is 4.74 Å². The second kappa shape index (κ2) is 8.10. The highest BCUT2D eigenvalue weighted by Gasteiger charge is 2.30. The summed E-state index contributed by atoms with van der Waals surface area (Å²) in [6.45, 7) is -0.00595. The van der Waals surface area contributed by atoms with Gasteiger partial charge in [0.05, 0.1) is 21.4 Å². The Kier molecular flexibility index (Phi) is 6.31. The average Bonchev–Trinajstić information content (AvgIpc) is 2.96. The molecular formula is C13H15ClF3N5O3S. The van der Waals surface area contributed by atoms with Gasteiger partial charge in [-0.05, 0) is 12.1 Å². The number of alkyl halides is 3. The molecule has 0 bridgehead atoms. The van der Waals surface area contributed by atoms with Crippen LogP contribution in [0.15, 0.2) is 22.1 Å². The molecule has 1 atom stereocenters. The number of hydrazone groups is 1. The Bertz CT molecular complexity index is 759. The van der Waals surface area contributed by atoms with Crippen molar-refractivity contribution in [2.24, 2.45) is 5.10 Å². The van der Waals surface area contributed by atoms with E-state index in [-0.39, 0.29) is 32.9 Å². The van der Waals surface area contributed by atoms with Crippen molar-refractivity contribution in [1.82, 2.24) is 21.4 Å².